The summed E-state index contributed by atoms with van der Waals surface area (Å²) in [5, 5.41) is 13.9. The van der Waals surface area contributed by atoms with Crippen molar-refractivity contribution in [1.82, 2.24) is 20.2 Å². The maximum absolute atomic E-state index is 15.7. The molecule has 3 aliphatic heterocycles. The van der Waals surface area contributed by atoms with Crippen molar-refractivity contribution >= 4 is 29.8 Å². The average molecular weight is 801 g/mol. The van der Waals surface area contributed by atoms with Crippen LogP contribution in [0.1, 0.15) is 34.2 Å². The molecule has 8 rings (SSSR count). The summed E-state index contributed by atoms with van der Waals surface area (Å²) in [6.07, 6.45) is -0.340. The monoisotopic (exact) mass is 800 g/mol. The molecule has 306 valence electrons. The van der Waals surface area contributed by atoms with E-state index in [1.165, 1.54) is 20.9 Å². The van der Waals surface area contributed by atoms with Crippen LogP contribution < -0.4 is 5.32 Å². The molecule has 2 bridgehead atoms. The van der Waals surface area contributed by atoms with Gasteiger partial charge < -0.3 is 34.4 Å². The summed E-state index contributed by atoms with van der Waals surface area (Å²) in [6, 6.07) is 33.5. The van der Waals surface area contributed by atoms with Crippen LogP contribution in [0.15, 0.2) is 121 Å². The molecule has 3 amide bonds. The molecule has 0 unspecified atom stereocenters. The van der Waals surface area contributed by atoms with E-state index in [-0.39, 0.29) is 38.4 Å². The number of nitrogens with one attached hydrogen (secondary N) is 1. The number of rotatable bonds is 13. The summed E-state index contributed by atoms with van der Waals surface area (Å²) in [6.45, 7) is -0.240. The number of hydrogen-bond donors (Lipinski definition) is 2. The van der Waals surface area contributed by atoms with E-state index in [2.05, 4.69) is 5.32 Å². The van der Waals surface area contributed by atoms with Gasteiger partial charge in [0.2, 0.25) is 23.5 Å². The Balaban J connectivity index is 1.24. The fraction of sp³-hybridized carbons (Fsp3) is 0.348. The number of carbonyl (C=O) groups excluding carboxylic acids is 4. The molecular weight excluding hydrogens is 753 g/mol. The molecule has 1 aliphatic carbocycles. The Morgan fingerprint density at radius 1 is 0.864 bits per heavy atom. The van der Waals surface area contributed by atoms with E-state index in [1.54, 1.807) is 27.2 Å². The number of aliphatic hydroxyl groups excluding tert-OH is 1. The van der Waals surface area contributed by atoms with Crippen LogP contribution in [-0.2, 0) is 57.0 Å². The number of aliphatic hydroxyl groups is 1. The van der Waals surface area contributed by atoms with Crippen LogP contribution in [0.25, 0.3) is 6.08 Å². The van der Waals surface area contributed by atoms with E-state index in [0.29, 0.717) is 11.1 Å². The lowest BCUT2D eigenvalue weighted by Gasteiger charge is -2.50. The van der Waals surface area contributed by atoms with Gasteiger partial charge in [-0.3, -0.25) is 24.0 Å². The summed E-state index contributed by atoms with van der Waals surface area (Å²) in [7, 11) is 4.90. The highest BCUT2D eigenvalue weighted by Crippen LogP contribution is 2.59. The van der Waals surface area contributed by atoms with Crippen molar-refractivity contribution in [2.75, 3.05) is 34.3 Å². The minimum absolute atomic E-state index is 0.00216. The molecular formula is C46H48N4O9. The van der Waals surface area contributed by atoms with E-state index in [9.17, 15) is 19.5 Å². The van der Waals surface area contributed by atoms with Gasteiger partial charge in [0.05, 0.1) is 13.2 Å². The normalized spacial score (nSPS) is 25.8. The Kier molecular flexibility index (Phi) is 11.2. The van der Waals surface area contributed by atoms with E-state index in [1.807, 2.05) is 115 Å². The number of nitrogens with zero attached hydrogens (tertiary/aromatic N) is 3. The van der Waals surface area contributed by atoms with Gasteiger partial charge in [-0.25, -0.2) is 0 Å². The standard InChI is InChI=1S/C46H48N4O9/c1-48(2)37(52)24-23-31-17-13-14-18-32(31)29-50-40-43(54)56-36-28-45(40,44(55)49(3)35(42(53)47-25-26-51)27-30-15-7-4-8-16-30)41(59-50)39-38(36)57-46(58-39,33-19-9-5-10-20-33)34-21-11-6-12-22-34/h4-24,35-36,38-41,51H,25-29H2,1-3H3,(H,47,53)/t35-,36+,38+,39+,40+,41-,45+/m1/s1. The fourth-order valence-electron chi connectivity index (χ4n) is 9.00. The molecule has 1 saturated carbocycles. The molecule has 0 spiro atoms. The summed E-state index contributed by atoms with van der Waals surface area (Å²) in [4.78, 5) is 66.5. The zero-order valence-electron chi connectivity index (χ0n) is 33.2. The minimum Gasteiger partial charge on any atom is -0.458 e. The first-order valence-electron chi connectivity index (χ1n) is 19.8. The van der Waals surface area contributed by atoms with E-state index < -0.39 is 65.5 Å². The van der Waals surface area contributed by atoms with Crippen LogP contribution >= 0.6 is 0 Å². The molecule has 2 N–H and O–H groups in total. The highest BCUT2D eigenvalue weighted by atomic mass is 16.8. The topological polar surface area (TPSA) is 147 Å². The average Bonchev–Trinajstić information content (AvgIpc) is 3.84. The molecule has 3 heterocycles. The molecule has 13 nitrogen and oxygen atoms in total. The van der Waals surface area contributed by atoms with Crippen molar-refractivity contribution in [3.63, 3.8) is 0 Å². The number of likely N-dealkylation sites (N-methyl/N-ethyl adjacent to an activating group) is 2. The number of hydrogen-bond acceptors (Lipinski definition) is 10. The maximum Gasteiger partial charge on any atom is 0.327 e. The van der Waals surface area contributed by atoms with Gasteiger partial charge in [0.15, 0.2) is 6.04 Å². The largest absolute Gasteiger partial charge is 0.458 e. The summed E-state index contributed by atoms with van der Waals surface area (Å²) in [5.74, 6) is -3.24. The minimum atomic E-state index is -1.60. The van der Waals surface area contributed by atoms with Crippen molar-refractivity contribution in [2.24, 2.45) is 5.41 Å². The molecule has 4 fully saturated rings. The molecule has 4 aromatic rings. The molecule has 4 aromatic carbocycles. The molecule has 3 saturated heterocycles. The van der Waals surface area contributed by atoms with E-state index in [0.717, 1.165) is 16.7 Å². The van der Waals surface area contributed by atoms with Crippen LogP contribution in [0.5, 0.6) is 0 Å². The van der Waals surface area contributed by atoms with Crippen molar-refractivity contribution in [3.8, 4) is 0 Å². The number of benzene rings is 4. The van der Waals surface area contributed by atoms with Crippen LogP contribution in [-0.4, -0.2) is 114 Å². The Morgan fingerprint density at radius 3 is 2.12 bits per heavy atom. The summed E-state index contributed by atoms with van der Waals surface area (Å²) < 4.78 is 20.4. The zero-order chi connectivity index (χ0) is 41.3. The van der Waals surface area contributed by atoms with Crippen LogP contribution in [0.2, 0.25) is 0 Å². The number of esters is 1. The Hall–Kier alpha value is -5.70. The lowest BCUT2D eigenvalue weighted by Crippen LogP contribution is -2.70. The first-order valence-corrected chi connectivity index (χ1v) is 19.8. The fourth-order valence-corrected chi connectivity index (χ4v) is 9.00. The molecule has 7 atom stereocenters. The molecule has 0 radical (unpaired) electrons. The smallest absolute Gasteiger partial charge is 0.327 e. The van der Waals surface area contributed by atoms with Gasteiger partial charge in [0, 0.05) is 57.7 Å². The molecule has 4 aliphatic rings. The third kappa shape index (κ3) is 7.23. The van der Waals surface area contributed by atoms with Crippen molar-refractivity contribution in [3.05, 3.63) is 149 Å². The Morgan fingerprint density at radius 2 is 1.47 bits per heavy atom. The van der Waals surface area contributed by atoms with Crippen molar-refractivity contribution in [1.29, 1.82) is 0 Å². The van der Waals surface area contributed by atoms with Gasteiger partial charge in [-0.1, -0.05) is 115 Å². The second-order valence-corrected chi connectivity index (χ2v) is 15.6. The lowest BCUT2D eigenvalue weighted by molar-refractivity contribution is -0.214. The summed E-state index contributed by atoms with van der Waals surface area (Å²) >= 11 is 0. The van der Waals surface area contributed by atoms with E-state index >= 15 is 4.79 Å². The quantitative estimate of drug-likeness (QED) is 0.152. The molecule has 59 heavy (non-hydrogen) atoms. The second-order valence-electron chi connectivity index (χ2n) is 15.6. The number of amides is 3. The van der Waals surface area contributed by atoms with Gasteiger partial charge in [-0.15, -0.1) is 0 Å². The molecule has 0 aromatic heterocycles. The highest BCUT2D eigenvalue weighted by Gasteiger charge is 2.77. The van der Waals surface area contributed by atoms with Gasteiger partial charge in [-0.2, -0.15) is 5.06 Å². The molecule has 13 heteroatoms. The predicted molar refractivity (Wildman–Crippen MR) is 216 cm³/mol. The SMILES string of the molecule is CN(C)C(=O)C=Cc1ccccc1CN1O[C@@H]2[C@H]3OC(c4ccccc4)(c4ccccc4)O[C@H]3[C@@H]3C[C@]2(C(=O)N(C)[C@H](Cc2ccccc2)C(=O)NCCO)[C@@H]1C(=O)O3. The Labute approximate surface area is 343 Å². The third-order valence-corrected chi connectivity index (χ3v) is 11.9. The first-order chi connectivity index (χ1) is 28.6. The number of carbonyl (C=O) groups is 4. The predicted octanol–water partition coefficient (Wildman–Crippen LogP) is 3.45. The highest BCUT2D eigenvalue weighted by molar-refractivity contribution is 5.96. The number of hydroxylamine groups is 2. The number of fused-ring (bicyclic) bond motifs is 4. The maximum atomic E-state index is 15.7. The van der Waals surface area contributed by atoms with Crippen LogP contribution in [0.4, 0.5) is 0 Å². The van der Waals surface area contributed by atoms with E-state index in [4.69, 9.17) is 19.0 Å². The number of ether oxygens (including phenoxy) is 3. The van der Waals surface area contributed by atoms with Gasteiger partial charge in [0.1, 0.15) is 35.9 Å². The van der Waals surface area contributed by atoms with Crippen molar-refractivity contribution < 1.29 is 43.3 Å². The van der Waals surface area contributed by atoms with Gasteiger partial charge in [-0.05, 0) is 22.8 Å². The summed E-state index contributed by atoms with van der Waals surface area (Å²) in [5.41, 5.74) is 2.09. The first kappa shape index (κ1) is 40.1. The Bertz CT molecular complexity index is 2160. The third-order valence-electron chi connectivity index (χ3n) is 11.9. The van der Waals surface area contributed by atoms with Crippen molar-refractivity contribution in [2.45, 2.75) is 61.7 Å². The van der Waals surface area contributed by atoms with Gasteiger partial charge in [0.25, 0.3) is 0 Å². The van der Waals surface area contributed by atoms with Gasteiger partial charge >= 0.3 is 5.97 Å². The van der Waals surface area contributed by atoms with Crippen LogP contribution in [0.3, 0.4) is 0 Å². The van der Waals surface area contributed by atoms with Crippen LogP contribution in [0, 0.1) is 5.41 Å². The zero-order valence-corrected chi connectivity index (χ0v) is 33.2. The lowest BCUT2D eigenvalue weighted by atomic mass is 9.62. The second kappa shape index (κ2) is 16.5.